The SMILES string of the molecule is CCOCc1nc2c(N)nc(C)c(C)c2n1CCCSC. The molecular weight excluding hydrogens is 284 g/mol. The van der Waals surface area contributed by atoms with E-state index < -0.39 is 0 Å². The van der Waals surface area contributed by atoms with E-state index in [-0.39, 0.29) is 0 Å². The number of imidazole rings is 1. The monoisotopic (exact) mass is 308 g/mol. The van der Waals surface area contributed by atoms with Crippen molar-refractivity contribution in [2.75, 3.05) is 24.3 Å². The lowest BCUT2D eigenvalue weighted by molar-refractivity contribution is 0.126. The van der Waals surface area contributed by atoms with Crippen LogP contribution in [0.25, 0.3) is 11.0 Å². The van der Waals surface area contributed by atoms with Gasteiger partial charge in [-0.2, -0.15) is 11.8 Å². The molecule has 2 rings (SSSR count). The zero-order valence-corrected chi connectivity index (χ0v) is 14.1. The Balaban J connectivity index is 2.52. The molecule has 0 aliphatic carbocycles. The van der Waals surface area contributed by atoms with E-state index in [2.05, 4.69) is 27.7 Å². The van der Waals surface area contributed by atoms with Gasteiger partial charge in [-0.3, -0.25) is 0 Å². The van der Waals surface area contributed by atoms with Crippen LogP contribution in [0.1, 0.15) is 30.4 Å². The molecule has 2 aromatic rings. The first-order valence-corrected chi connectivity index (χ1v) is 8.68. The molecule has 116 valence electrons. The quantitative estimate of drug-likeness (QED) is 0.797. The van der Waals surface area contributed by atoms with Crippen molar-refractivity contribution in [1.29, 1.82) is 0 Å². The number of anilines is 1. The molecule has 0 radical (unpaired) electrons. The highest BCUT2D eigenvalue weighted by atomic mass is 32.2. The van der Waals surface area contributed by atoms with Gasteiger partial charge in [0, 0.05) is 18.8 Å². The second-order valence-electron chi connectivity index (χ2n) is 5.07. The third-order valence-corrected chi connectivity index (χ3v) is 4.34. The maximum Gasteiger partial charge on any atom is 0.151 e. The van der Waals surface area contributed by atoms with E-state index in [1.165, 1.54) is 0 Å². The van der Waals surface area contributed by atoms with Crippen LogP contribution in [0, 0.1) is 13.8 Å². The maximum atomic E-state index is 6.06. The van der Waals surface area contributed by atoms with Crippen LogP contribution in [-0.2, 0) is 17.9 Å². The van der Waals surface area contributed by atoms with Gasteiger partial charge < -0.3 is 15.0 Å². The molecule has 0 saturated carbocycles. The highest BCUT2D eigenvalue weighted by molar-refractivity contribution is 7.98. The topological polar surface area (TPSA) is 66.0 Å². The number of nitrogens with two attached hydrogens (primary N) is 1. The molecule has 0 aromatic carbocycles. The summed E-state index contributed by atoms with van der Waals surface area (Å²) >= 11 is 1.86. The first-order chi connectivity index (χ1) is 10.1. The smallest absolute Gasteiger partial charge is 0.151 e. The highest BCUT2D eigenvalue weighted by Gasteiger charge is 2.17. The number of aromatic nitrogens is 3. The summed E-state index contributed by atoms with van der Waals surface area (Å²) < 4.78 is 7.81. The predicted octanol–water partition coefficient (Wildman–Crippen LogP) is 2.92. The second kappa shape index (κ2) is 7.13. The lowest BCUT2D eigenvalue weighted by atomic mass is 10.2. The molecule has 21 heavy (non-hydrogen) atoms. The van der Waals surface area contributed by atoms with E-state index >= 15 is 0 Å². The van der Waals surface area contributed by atoms with Crippen LogP contribution in [0.3, 0.4) is 0 Å². The first-order valence-electron chi connectivity index (χ1n) is 7.28. The molecule has 2 heterocycles. The van der Waals surface area contributed by atoms with Crippen LogP contribution in [-0.4, -0.2) is 33.2 Å². The van der Waals surface area contributed by atoms with Crippen LogP contribution in [0.15, 0.2) is 0 Å². The van der Waals surface area contributed by atoms with Crippen molar-refractivity contribution in [3.05, 3.63) is 17.1 Å². The van der Waals surface area contributed by atoms with Crippen molar-refractivity contribution in [2.45, 2.75) is 40.3 Å². The molecule has 0 bridgehead atoms. The molecule has 0 aliphatic rings. The summed E-state index contributed by atoms with van der Waals surface area (Å²) in [6.07, 6.45) is 3.23. The molecule has 0 amide bonds. The molecule has 0 fully saturated rings. The zero-order valence-electron chi connectivity index (χ0n) is 13.3. The Morgan fingerprint density at radius 2 is 2.05 bits per heavy atom. The minimum Gasteiger partial charge on any atom is -0.382 e. The molecule has 6 heteroatoms. The van der Waals surface area contributed by atoms with Crippen molar-refractivity contribution in [2.24, 2.45) is 0 Å². The molecule has 2 N–H and O–H groups in total. The maximum absolute atomic E-state index is 6.06. The number of fused-ring (bicyclic) bond motifs is 1. The van der Waals surface area contributed by atoms with Crippen LogP contribution in [0.5, 0.6) is 0 Å². The van der Waals surface area contributed by atoms with Crippen molar-refractivity contribution < 1.29 is 4.74 Å². The van der Waals surface area contributed by atoms with E-state index in [4.69, 9.17) is 10.5 Å². The number of nitrogen functional groups attached to an aromatic ring is 1. The van der Waals surface area contributed by atoms with E-state index in [1.54, 1.807) is 0 Å². The number of thioether (sulfide) groups is 1. The van der Waals surface area contributed by atoms with Crippen LogP contribution < -0.4 is 5.73 Å². The third-order valence-electron chi connectivity index (χ3n) is 3.64. The normalized spacial score (nSPS) is 11.4. The standard InChI is InChI=1S/C15H24N4OS/c1-5-20-9-12-18-13-14(19(12)7-6-8-21-4)10(2)11(3)17-15(13)16/h5-9H2,1-4H3,(H2,16,17). The first kappa shape index (κ1) is 16.1. The Labute approximate surface area is 130 Å². The van der Waals surface area contributed by atoms with Gasteiger partial charge in [-0.15, -0.1) is 0 Å². The number of aryl methyl sites for hydroxylation is 3. The van der Waals surface area contributed by atoms with Crippen LogP contribution >= 0.6 is 11.8 Å². The Hall–Kier alpha value is -1.27. The van der Waals surface area contributed by atoms with E-state index in [0.717, 1.165) is 46.8 Å². The number of rotatable bonds is 7. The Morgan fingerprint density at radius 1 is 1.29 bits per heavy atom. The number of pyridine rings is 1. The van der Waals surface area contributed by atoms with Gasteiger partial charge in [0.15, 0.2) is 5.82 Å². The minimum atomic E-state index is 0.509. The van der Waals surface area contributed by atoms with Gasteiger partial charge in [0.2, 0.25) is 0 Å². The molecule has 0 atom stereocenters. The molecule has 0 saturated heterocycles. The Morgan fingerprint density at radius 3 is 2.71 bits per heavy atom. The fourth-order valence-corrected chi connectivity index (χ4v) is 2.88. The van der Waals surface area contributed by atoms with Gasteiger partial charge in [0.05, 0.1) is 5.52 Å². The van der Waals surface area contributed by atoms with Gasteiger partial charge in [-0.1, -0.05) is 0 Å². The number of hydrogen-bond acceptors (Lipinski definition) is 5. The fraction of sp³-hybridized carbons (Fsp3) is 0.600. The average Bonchev–Trinajstić information content (AvgIpc) is 2.82. The van der Waals surface area contributed by atoms with Crippen molar-refractivity contribution >= 4 is 28.6 Å². The molecular formula is C15H24N4OS. The summed E-state index contributed by atoms with van der Waals surface area (Å²) in [5.74, 6) is 2.58. The van der Waals surface area contributed by atoms with Gasteiger partial charge in [-0.25, -0.2) is 9.97 Å². The molecule has 0 aliphatic heterocycles. The summed E-state index contributed by atoms with van der Waals surface area (Å²) in [5.41, 5.74) is 10.1. The van der Waals surface area contributed by atoms with Crippen LogP contribution in [0.2, 0.25) is 0 Å². The van der Waals surface area contributed by atoms with Gasteiger partial charge in [0.25, 0.3) is 0 Å². The van der Waals surface area contributed by atoms with Crippen molar-refractivity contribution in [3.63, 3.8) is 0 Å². The number of hydrogen-bond donors (Lipinski definition) is 1. The molecule has 0 spiro atoms. The van der Waals surface area contributed by atoms with Crippen molar-refractivity contribution in [1.82, 2.24) is 14.5 Å². The lowest BCUT2D eigenvalue weighted by Crippen LogP contribution is -2.08. The van der Waals surface area contributed by atoms with Crippen LogP contribution in [0.4, 0.5) is 5.82 Å². The summed E-state index contributed by atoms with van der Waals surface area (Å²) in [7, 11) is 0. The minimum absolute atomic E-state index is 0.509. The van der Waals surface area contributed by atoms with Crippen molar-refractivity contribution in [3.8, 4) is 0 Å². The summed E-state index contributed by atoms with van der Waals surface area (Å²) in [5, 5.41) is 0. The highest BCUT2D eigenvalue weighted by Crippen LogP contribution is 2.26. The average molecular weight is 308 g/mol. The predicted molar refractivity (Wildman–Crippen MR) is 89.7 cm³/mol. The largest absolute Gasteiger partial charge is 0.382 e. The summed E-state index contributed by atoms with van der Waals surface area (Å²) in [4.78, 5) is 9.06. The third kappa shape index (κ3) is 3.32. The Bertz CT molecular complexity index is 624. The second-order valence-corrected chi connectivity index (χ2v) is 6.05. The number of ether oxygens (including phenoxy) is 1. The lowest BCUT2D eigenvalue weighted by Gasteiger charge is -2.11. The molecule has 5 nitrogen and oxygen atoms in total. The summed E-state index contributed by atoms with van der Waals surface area (Å²) in [6, 6.07) is 0. The van der Waals surface area contributed by atoms with Gasteiger partial charge in [0.1, 0.15) is 17.9 Å². The Kier molecular flexibility index (Phi) is 5.47. The molecule has 2 aromatic heterocycles. The molecule has 0 unspecified atom stereocenters. The summed E-state index contributed by atoms with van der Waals surface area (Å²) in [6.45, 7) is 8.20. The van der Waals surface area contributed by atoms with E-state index in [1.807, 2.05) is 25.6 Å². The number of nitrogens with zero attached hydrogens (tertiary/aromatic N) is 3. The van der Waals surface area contributed by atoms with Gasteiger partial charge >= 0.3 is 0 Å². The van der Waals surface area contributed by atoms with E-state index in [9.17, 15) is 0 Å². The van der Waals surface area contributed by atoms with E-state index in [0.29, 0.717) is 19.0 Å². The zero-order chi connectivity index (χ0) is 15.4. The fourth-order valence-electron chi connectivity index (χ4n) is 2.46. The van der Waals surface area contributed by atoms with Gasteiger partial charge in [-0.05, 0) is 44.8 Å².